The largest absolute Gasteiger partial charge is 0.491 e. The first-order valence-corrected chi connectivity index (χ1v) is 11.4. The monoisotopic (exact) mass is 477 g/mol. The second-order valence-corrected chi connectivity index (χ2v) is 8.83. The van der Waals surface area contributed by atoms with Crippen molar-refractivity contribution in [1.29, 1.82) is 0 Å². The van der Waals surface area contributed by atoms with Crippen LogP contribution in [0.4, 0.5) is 5.69 Å². The van der Waals surface area contributed by atoms with Crippen LogP contribution in [0, 0.1) is 18.8 Å². The molecule has 9 heteroatoms. The average molecular weight is 478 g/mol. The smallest absolute Gasteiger partial charge is 0.295 e. The van der Waals surface area contributed by atoms with E-state index in [-0.39, 0.29) is 31.3 Å². The van der Waals surface area contributed by atoms with Gasteiger partial charge in [-0.25, -0.2) is 0 Å². The lowest BCUT2D eigenvalue weighted by Crippen LogP contribution is -2.31. The zero-order valence-corrected chi connectivity index (χ0v) is 19.8. The molecule has 1 amide bonds. The van der Waals surface area contributed by atoms with E-state index in [2.05, 4.69) is 10.1 Å². The molecule has 1 fully saturated rings. The molecule has 35 heavy (non-hydrogen) atoms. The Morgan fingerprint density at radius 2 is 1.86 bits per heavy atom. The Hall–Kier alpha value is -3.85. The van der Waals surface area contributed by atoms with Crippen molar-refractivity contribution in [2.45, 2.75) is 33.2 Å². The molecule has 1 aliphatic rings. The number of carbonyl (C=O) groups excluding carboxylic acids is 3. The quantitative estimate of drug-likeness (QED) is 0.368. The molecule has 0 radical (unpaired) electrons. The summed E-state index contributed by atoms with van der Waals surface area (Å²) in [7, 11) is 0. The number of anilines is 1. The first kappa shape index (κ1) is 24.3. The van der Waals surface area contributed by atoms with Gasteiger partial charge in [0.2, 0.25) is 5.78 Å². The third-order valence-corrected chi connectivity index (χ3v) is 5.77. The van der Waals surface area contributed by atoms with Gasteiger partial charge in [-0.05, 0) is 43.2 Å². The van der Waals surface area contributed by atoms with Crippen LogP contribution in [0.5, 0.6) is 5.75 Å². The standard InChI is InChI=1S/C26H27N3O6/c1-15(2)14-20(31)22-23(19-6-4-5-7-21(19)34-13-12-30)29(26(33)24(22)32)18-10-8-17(9-11-18)25-27-16(3)28-35-25/h4-11,15,22-23,30H,12-14H2,1-3H3. The fraction of sp³-hybridized carbons (Fsp3) is 0.346. The zero-order valence-electron chi connectivity index (χ0n) is 19.8. The number of ether oxygens (including phenoxy) is 1. The van der Waals surface area contributed by atoms with E-state index in [1.807, 2.05) is 13.8 Å². The summed E-state index contributed by atoms with van der Waals surface area (Å²) in [4.78, 5) is 45.3. The van der Waals surface area contributed by atoms with Crippen molar-refractivity contribution >= 4 is 23.2 Å². The maximum absolute atomic E-state index is 13.3. The fourth-order valence-electron chi connectivity index (χ4n) is 4.31. The van der Waals surface area contributed by atoms with E-state index in [9.17, 15) is 19.5 Å². The van der Waals surface area contributed by atoms with E-state index in [0.29, 0.717) is 34.3 Å². The molecule has 2 aromatic carbocycles. The summed E-state index contributed by atoms with van der Waals surface area (Å²) in [6.07, 6.45) is 0.170. The Kier molecular flexibility index (Phi) is 7.07. The molecule has 0 saturated carbocycles. The van der Waals surface area contributed by atoms with Crippen LogP contribution in [-0.2, 0) is 14.4 Å². The van der Waals surface area contributed by atoms with Crippen molar-refractivity contribution < 1.29 is 28.8 Å². The molecule has 1 aromatic heterocycles. The Labute approximate surface area is 202 Å². The highest BCUT2D eigenvalue weighted by atomic mass is 16.5. The molecule has 9 nitrogen and oxygen atoms in total. The molecule has 0 aliphatic carbocycles. The van der Waals surface area contributed by atoms with Gasteiger partial charge in [-0.3, -0.25) is 19.3 Å². The van der Waals surface area contributed by atoms with Crippen molar-refractivity contribution in [2.24, 2.45) is 11.8 Å². The molecule has 0 spiro atoms. The predicted molar refractivity (Wildman–Crippen MR) is 127 cm³/mol. The minimum atomic E-state index is -1.16. The van der Waals surface area contributed by atoms with Crippen LogP contribution in [0.2, 0.25) is 0 Å². The SMILES string of the molecule is Cc1noc(-c2ccc(N3C(=O)C(=O)C(C(=O)CC(C)C)C3c3ccccc3OCCO)cc2)n1. The summed E-state index contributed by atoms with van der Waals surface area (Å²) in [6.45, 7) is 5.33. The number of ketones is 2. The maximum atomic E-state index is 13.3. The van der Waals surface area contributed by atoms with Gasteiger partial charge >= 0.3 is 0 Å². The topological polar surface area (TPSA) is 123 Å². The van der Waals surface area contributed by atoms with Crippen molar-refractivity contribution in [2.75, 3.05) is 18.1 Å². The van der Waals surface area contributed by atoms with Gasteiger partial charge in [0.1, 0.15) is 24.1 Å². The molecule has 1 saturated heterocycles. The van der Waals surface area contributed by atoms with Crippen molar-refractivity contribution in [3.05, 3.63) is 59.9 Å². The molecule has 182 valence electrons. The number of hydrogen-bond donors (Lipinski definition) is 1. The minimum absolute atomic E-state index is 0.0260. The highest BCUT2D eigenvalue weighted by Gasteiger charge is 2.52. The number of aromatic nitrogens is 2. The van der Waals surface area contributed by atoms with Crippen LogP contribution in [0.15, 0.2) is 53.1 Å². The number of rotatable bonds is 9. The summed E-state index contributed by atoms with van der Waals surface area (Å²) in [5.41, 5.74) is 1.63. The average Bonchev–Trinajstić information content (AvgIpc) is 3.38. The first-order chi connectivity index (χ1) is 16.8. The maximum Gasteiger partial charge on any atom is 0.295 e. The third kappa shape index (κ3) is 4.85. The number of aliphatic hydroxyl groups excluding tert-OH is 1. The zero-order chi connectivity index (χ0) is 25.1. The van der Waals surface area contributed by atoms with Gasteiger partial charge in [0.15, 0.2) is 5.82 Å². The Bertz CT molecular complexity index is 1230. The van der Waals surface area contributed by atoms with Crippen LogP contribution >= 0.6 is 0 Å². The molecule has 1 aliphatic heterocycles. The Morgan fingerprint density at radius 3 is 2.49 bits per heavy atom. The van der Waals surface area contributed by atoms with E-state index >= 15 is 0 Å². The number of carbonyl (C=O) groups is 3. The van der Waals surface area contributed by atoms with E-state index in [0.717, 1.165) is 0 Å². The van der Waals surface area contributed by atoms with Crippen LogP contribution in [0.3, 0.4) is 0 Å². The van der Waals surface area contributed by atoms with Gasteiger partial charge in [0.25, 0.3) is 11.8 Å². The molecule has 2 atom stereocenters. The number of para-hydroxylation sites is 1. The van der Waals surface area contributed by atoms with Gasteiger partial charge in [-0.15, -0.1) is 0 Å². The first-order valence-electron chi connectivity index (χ1n) is 11.4. The molecular formula is C26H27N3O6. The Balaban J connectivity index is 1.79. The normalized spacial score (nSPS) is 17.9. The van der Waals surface area contributed by atoms with Crippen LogP contribution < -0.4 is 9.64 Å². The van der Waals surface area contributed by atoms with E-state index in [4.69, 9.17) is 9.26 Å². The number of hydrogen-bond acceptors (Lipinski definition) is 8. The number of nitrogens with zero attached hydrogens (tertiary/aromatic N) is 3. The van der Waals surface area contributed by atoms with Gasteiger partial charge in [0.05, 0.1) is 12.6 Å². The molecule has 0 bridgehead atoms. The third-order valence-electron chi connectivity index (χ3n) is 5.77. The van der Waals surface area contributed by atoms with E-state index in [1.165, 1.54) is 4.90 Å². The highest BCUT2D eigenvalue weighted by Crippen LogP contribution is 2.44. The number of aliphatic hydroxyl groups is 1. The van der Waals surface area contributed by atoms with Crippen molar-refractivity contribution in [1.82, 2.24) is 10.1 Å². The van der Waals surface area contributed by atoms with Crippen LogP contribution in [0.1, 0.15) is 37.7 Å². The van der Waals surface area contributed by atoms with Gasteiger partial charge in [0, 0.05) is 23.2 Å². The van der Waals surface area contributed by atoms with Gasteiger partial charge in [-0.1, -0.05) is 37.2 Å². The lowest BCUT2D eigenvalue weighted by molar-refractivity contribution is -0.139. The number of aryl methyl sites for hydroxylation is 1. The second kappa shape index (κ2) is 10.2. The molecular weight excluding hydrogens is 450 g/mol. The second-order valence-electron chi connectivity index (χ2n) is 8.83. The van der Waals surface area contributed by atoms with E-state index in [1.54, 1.807) is 55.5 Å². The molecule has 3 aromatic rings. The summed E-state index contributed by atoms with van der Waals surface area (Å²) >= 11 is 0. The summed E-state index contributed by atoms with van der Waals surface area (Å²) in [5.74, 6) is -1.69. The van der Waals surface area contributed by atoms with Crippen LogP contribution in [0.25, 0.3) is 11.5 Å². The minimum Gasteiger partial charge on any atom is -0.491 e. The molecule has 4 rings (SSSR count). The van der Waals surface area contributed by atoms with E-state index < -0.39 is 23.7 Å². The van der Waals surface area contributed by atoms with Crippen molar-refractivity contribution in [3.8, 4) is 17.2 Å². The Morgan fingerprint density at radius 1 is 1.14 bits per heavy atom. The highest BCUT2D eigenvalue weighted by molar-refractivity contribution is 6.48. The lowest BCUT2D eigenvalue weighted by Gasteiger charge is -2.29. The number of Topliss-reactive ketones (excluding diaryl/α,β-unsaturated/α-hetero) is 2. The molecule has 2 heterocycles. The summed E-state index contributed by atoms with van der Waals surface area (Å²) < 4.78 is 10.9. The van der Waals surface area contributed by atoms with Gasteiger partial charge in [-0.2, -0.15) is 4.98 Å². The van der Waals surface area contributed by atoms with Crippen LogP contribution in [-0.4, -0.2) is 45.9 Å². The predicted octanol–water partition coefficient (Wildman–Crippen LogP) is 3.30. The molecule has 1 N–H and O–H groups in total. The van der Waals surface area contributed by atoms with Crippen molar-refractivity contribution in [3.63, 3.8) is 0 Å². The molecule has 2 unspecified atom stereocenters. The van der Waals surface area contributed by atoms with Gasteiger partial charge < -0.3 is 14.4 Å². The summed E-state index contributed by atoms with van der Waals surface area (Å²) in [6, 6.07) is 12.9. The number of benzene rings is 2. The fourth-order valence-corrected chi connectivity index (χ4v) is 4.31. The summed E-state index contributed by atoms with van der Waals surface area (Å²) in [5, 5.41) is 13.0. The lowest BCUT2D eigenvalue weighted by atomic mass is 9.85. The number of amides is 1.